The quantitative estimate of drug-likeness (QED) is 0.403. The van der Waals surface area contributed by atoms with Gasteiger partial charge in [0.25, 0.3) is 5.91 Å². The zero-order valence-corrected chi connectivity index (χ0v) is 15.1. The standard InChI is InChI=1S/C22H20N2OS/c1-2-16-26-21-11-7-6-10-20(21)22(25)24-19-14-12-18(13-15-19)23-17-8-4-3-5-9-17/h2-15,23H,1,16H2,(H,24,25). The molecule has 26 heavy (non-hydrogen) atoms. The summed E-state index contributed by atoms with van der Waals surface area (Å²) in [4.78, 5) is 13.6. The molecule has 0 heterocycles. The van der Waals surface area contributed by atoms with E-state index in [1.807, 2.05) is 84.9 Å². The van der Waals surface area contributed by atoms with Crippen molar-refractivity contribution in [2.75, 3.05) is 16.4 Å². The molecule has 0 aliphatic heterocycles. The smallest absolute Gasteiger partial charge is 0.256 e. The lowest BCUT2D eigenvalue weighted by Gasteiger charge is -2.11. The highest BCUT2D eigenvalue weighted by atomic mass is 32.2. The molecule has 0 fully saturated rings. The first-order chi connectivity index (χ1) is 12.8. The SMILES string of the molecule is C=CCSc1ccccc1C(=O)Nc1ccc(Nc2ccccc2)cc1. The molecule has 0 aromatic heterocycles. The van der Waals surface area contributed by atoms with Crippen molar-refractivity contribution in [2.24, 2.45) is 0 Å². The van der Waals surface area contributed by atoms with Crippen LogP contribution >= 0.6 is 11.8 Å². The van der Waals surface area contributed by atoms with Gasteiger partial charge in [-0.15, -0.1) is 18.3 Å². The van der Waals surface area contributed by atoms with Crippen LogP contribution in [0.25, 0.3) is 0 Å². The fourth-order valence-electron chi connectivity index (χ4n) is 2.45. The van der Waals surface area contributed by atoms with Crippen molar-refractivity contribution >= 4 is 34.7 Å². The molecular weight excluding hydrogens is 340 g/mol. The number of rotatable bonds is 7. The minimum absolute atomic E-state index is 0.110. The Morgan fingerprint density at radius 3 is 2.19 bits per heavy atom. The van der Waals surface area contributed by atoms with E-state index in [9.17, 15) is 4.79 Å². The van der Waals surface area contributed by atoms with Gasteiger partial charge < -0.3 is 10.6 Å². The van der Waals surface area contributed by atoms with Crippen molar-refractivity contribution in [1.82, 2.24) is 0 Å². The Balaban J connectivity index is 1.67. The highest BCUT2D eigenvalue weighted by molar-refractivity contribution is 7.99. The minimum atomic E-state index is -0.110. The van der Waals surface area contributed by atoms with Crippen LogP contribution in [0.4, 0.5) is 17.1 Å². The van der Waals surface area contributed by atoms with E-state index in [0.29, 0.717) is 5.56 Å². The van der Waals surface area contributed by atoms with Crippen molar-refractivity contribution in [3.8, 4) is 0 Å². The van der Waals surface area contributed by atoms with Gasteiger partial charge in [0.2, 0.25) is 0 Å². The molecule has 0 atom stereocenters. The summed E-state index contributed by atoms with van der Waals surface area (Å²) < 4.78 is 0. The number of hydrogen-bond acceptors (Lipinski definition) is 3. The van der Waals surface area contributed by atoms with E-state index in [-0.39, 0.29) is 5.91 Å². The average molecular weight is 360 g/mol. The summed E-state index contributed by atoms with van der Waals surface area (Å²) in [5.74, 6) is 0.658. The summed E-state index contributed by atoms with van der Waals surface area (Å²) >= 11 is 1.60. The summed E-state index contributed by atoms with van der Waals surface area (Å²) in [5, 5.41) is 6.28. The topological polar surface area (TPSA) is 41.1 Å². The molecule has 130 valence electrons. The first-order valence-corrected chi connectivity index (χ1v) is 9.31. The number of amides is 1. The number of para-hydroxylation sites is 1. The molecule has 0 saturated heterocycles. The number of thioether (sulfide) groups is 1. The maximum Gasteiger partial charge on any atom is 0.256 e. The van der Waals surface area contributed by atoms with Gasteiger partial charge in [0, 0.05) is 27.7 Å². The average Bonchev–Trinajstić information content (AvgIpc) is 2.69. The molecule has 0 spiro atoms. The third-order valence-corrected chi connectivity index (χ3v) is 4.76. The van der Waals surface area contributed by atoms with Crippen molar-refractivity contribution < 1.29 is 4.79 Å². The van der Waals surface area contributed by atoms with Gasteiger partial charge in [-0.05, 0) is 48.5 Å². The number of anilines is 3. The van der Waals surface area contributed by atoms with Crippen LogP contribution in [0.5, 0.6) is 0 Å². The Labute approximate surface area is 158 Å². The van der Waals surface area contributed by atoms with E-state index in [2.05, 4.69) is 17.2 Å². The van der Waals surface area contributed by atoms with Crippen molar-refractivity contribution in [3.63, 3.8) is 0 Å². The molecule has 0 aliphatic rings. The van der Waals surface area contributed by atoms with E-state index in [0.717, 1.165) is 27.7 Å². The molecule has 3 nitrogen and oxygen atoms in total. The van der Waals surface area contributed by atoms with Crippen LogP contribution in [-0.4, -0.2) is 11.7 Å². The first-order valence-electron chi connectivity index (χ1n) is 8.32. The Bertz CT molecular complexity index is 876. The van der Waals surface area contributed by atoms with Gasteiger partial charge in [0.05, 0.1) is 5.56 Å². The van der Waals surface area contributed by atoms with Crippen LogP contribution in [-0.2, 0) is 0 Å². The fourth-order valence-corrected chi connectivity index (χ4v) is 3.24. The monoisotopic (exact) mass is 360 g/mol. The van der Waals surface area contributed by atoms with Crippen molar-refractivity contribution in [3.05, 3.63) is 97.1 Å². The largest absolute Gasteiger partial charge is 0.356 e. The van der Waals surface area contributed by atoms with Gasteiger partial charge in [-0.2, -0.15) is 0 Å². The molecule has 3 rings (SSSR count). The Hall–Kier alpha value is -2.98. The highest BCUT2D eigenvalue weighted by Gasteiger charge is 2.11. The Morgan fingerprint density at radius 1 is 0.846 bits per heavy atom. The van der Waals surface area contributed by atoms with E-state index >= 15 is 0 Å². The van der Waals surface area contributed by atoms with Crippen LogP contribution < -0.4 is 10.6 Å². The van der Waals surface area contributed by atoms with E-state index < -0.39 is 0 Å². The van der Waals surface area contributed by atoms with Crippen LogP contribution in [0.2, 0.25) is 0 Å². The Kier molecular flexibility index (Phi) is 6.12. The summed E-state index contributed by atoms with van der Waals surface area (Å²) in [7, 11) is 0. The van der Waals surface area contributed by atoms with Gasteiger partial charge in [0.15, 0.2) is 0 Å². The summed E-state index contributed by atoms with van der Waals surface area (Å²) in [5.41, 5.74) is 3.43. The van der Waals surface area contributed by atoms with Gasteiger partial charge >= 0.3 is 0 Å². The molecule has 0 saturated carbocycles. The molecular formula is C22H20N2OS. The van der Waals surface area contributed by atoms with Crippen LogP contribution in [0.15, 0.2) is 96.4 Å². The molecule has 0 aliphatic carbocycles. The summed E-state index contributed by atoms with van der Waals surface area (Å²) in [6.45, 7) is 3.73. The normalized spacial score (nSPS) is 10.2. The van der Waals surface area contributed by atoms with Gasteiger partial charge in [-0.25, -0.2) is 0 Å². The molecule has 4 heteroatoms. The molecule has 1 amide bonds. The first kappa shape index (κ1) is 17.8. The van der Waals surface area contributed by atoms with E-state index in [1.54, 1.807) is 11.8 Å². The number of hydrogen-bond donors (Lipinski definition) is 2. The molecule has 0 unspecified atom stereocenters. The van der Waals surface area contributed by atoms with Crippen LogP contribution in [0, 0.1) is 0 Å². The molecule has 3 aromatic rings. The zero-order chi connectivity index (χ0) is 18.2. The second-order valence-corrected chi connectivity index (χ2v) is 6.68. The fraction of sp³-hybridized carbons (Fsp3) is 0.0455. The Morgan fingerprint density at radius 2 is 1.46 bits per heavy atom. The van der Waals surface area contributed by atoms with Crippen molar-refractivity contribution in [2.45, 2.75) is 4.90 Å². The molecule has 2 N–H and O–H groups in total. The third kappa shape index (κ3) is 4.77. The lowest BCUT2D eigenvalue weighted by Crippen LogP contribution is -2.13. The molecule has 3 aromatic carbocycles. The predicted octanol–water partition coefficient (Wildman–Crippen LogP) is 5.96. The van der Waals surface area contributed by atoms with Crippen LogP contribution in [0.3, 0.4) is 0 Å². The number of benzene rings is 3. The summed E-state index contributed by atoms with van der Waals surface area (Å²) in [6, 6.07) is 25.2. The maximum atomic E-state index is 12.6. The second-order valence-electron chi connectivity index (χ2n) is 5.62. The predicted molar refractivity (Wildman–Crippen MR) is 111 cm³/mol. The number of carbonyl (C=O) groups excluding carboxylic acids is 1. The summed E-state index contributed by atoms with van der Waals surface area (Å²) in [6.07, 6.45) is 1.83. The maximum absolute atomic E-state index is 12.6. The van der Waals surface area contributed by atoms with Crippen LogP contribution in [0.1, 0.15) is 10.4 Å². The number of nitrogens with one attached hydrogen (secondary N) is 2. The highest BCUT2D eigenvalue weighted by Crippen LogP contribution is 2.24. The molecule has 0 bridgehead atoms. The van der Waals surface area contributed by atoms with Gasteiger partial charge in [-0.3, -0.25) is 4.79 Å². The van der Waals surface area contributed by atoms with Gasteiger partial charge in [-0.1, -0.05) is 36.4 Å². The number of carbonyl (C=O) groups is 1. The third-order valence-electron chi connectivity index (χ3n) is 3.69. The van der Waals surface area contributed by atoms with Crippen molar-refractivity contribution in [1.29, 1.82) is 0 Å². The zero-order valence-electron chi connectivity index (χ0n) is 14.3. The lowest BCUT2D eigenvalue weighted by atomic mass is 10.2. The minimum Gasteiger partial charge on any atom is -0.356 e. The lowest BCUT2D eigenvalue weighted by molar-refractivity contribution is 0.102. The van der Waals surface area contributed by atoms with E-state index in [4.69, 9.17) is 0 Å². The van der Waals surface area contributed by atoms with E-state index in [1.165, 1.54) is 0 Å². The molecule has 0 radical (unpaired) electrons. The van der Waals surface area contributed by atoms with Gasteiger partial charge in [0.1, 0.15) is 0 Å². The second kappa shape index (κ2) is 8.92.